The predicted octanol–water partition coefficient (Wildman–Crippen LogP) is -0.722. The molecule has 1 aliphatic rings. The molecule has 1 heterocycles. The molecule has 0 aromatic carbocycles. The van der Waals surface area contributed by atoms with E-state index in [0.29, 0.717) is 11.5 Å². The second-order valence-corrected chi connectivity index (χ2v) is 5.13. The van der Waals surface area contributed by atoms with Gasteiger partial charge in [0, 0.05) is 11.5 Å². The molecule has 0 spiro atoms. The van der Waals surface area contributed by atoms with Crippen molar-refractivity contribution >= 4 is 33.5 Å². The zero-order valence-corrected chi connectivity index (χ0v) is 8.36. The van der Waals surface area contributed by atoms with E-state index >= 15 is 0 Å². The van der Waals surface area contributed by atoms with Crippen LogP contribution in [0.5, 0.6) is 0 Å². The summed E-state index contributed by atoms with van der Waals surface area (Å²) in [7, 11) is 2.84. The number of nitrogens with one attached hydrogen (secondary N) is 1. The number of carboxylic acid groups (broad SMARTS) is 1. The van der Waals surface area contributed by atoms with E-state index in [2.05, 4.69) is 5.32 Å². The summed E-state index contributed by atoms with van der Waals surface area (Å²) in [6.07, 6.45) is 0. The number of carbonyl (C=O) groups excluding carboxylic acids is 1. The standard InChI is InChI=1S/C6H10N2O3S2/c7-3-1-12-13-2-4(6(10)11)8-5(3)9/h3-4H,1-2,7H2,(H,8,9)(H,10,11)/t3-,4-/m0/s1. The Morgan fingerprint density at radius 3 is 2.77 bits per heavy atom. The second kappa shape index (κ2) is 4.73. The Morgan fingerprint density at radius 1 is 1.54 bits per heavy atom. The molecule has 1 saturated heterocycles. The highest BCUT2D eigenvalue weighted by Crippen LogP contribution is 2.24. The molecule has 2 atom stereocenters. The van der Waals surface area contributed by atoms with Crippen LogP contribution in [-0.2, 0) is 9.59 Å². The highest BCUT2D eigenvalue weighted by atomic mass is 33.1. The molecule has 0 bridgehead atoms. The lowest BCUT2D eigenvalue weighted by Gasteiger charge is -2.20. The highest BCUT2D eigenvalue weighted by Gasteiger charge is 2.25. The first-order valence-corrected chi connectivity index (χ1v) is 6.13. The molecule has 74 valence electrons. The average molecular weight is 222 g/mol. The number of rotatable bonds is 1. The molecule has 1 rings (SSSR count). The van der Waals surface area contributed by atoms with Crippen molar-refractivity contribution in [2.45, 2.75) is 12.1 Å². The van der Waals surface area contributed by atoms with E-state index < -0.39 is 18.1 Å². The third kappa shape index (κ3) is 3.09. The number of aliphatic carboxylic acids is 1. The number of carbonyl (C=O) groups is 2. The summed E-state index contributed by atoms with van der Waals surface area (Å²) < 4.78 is 0. The lowest BCUT2D eigenvalue weighted by molar-refractivity contribution is -0.141. The average Bonchev–Trinajstić information content (AvgIpc) is 2.06. The van der Waals surface area contributed by atoms with E-state index in [0.717, 1.165) is 0 Å². The molecule has 7 heteroatoms. The van der Waals surface area contributed by atoms with Crippen LogP contribution in [0, 0.1) is 0 Å². The quantitative estimate of drug-likeness (QED) is 0.507. The maximum absolute atomic E-state index is 11.2. The molecule has 0 saturated carbocycles. The van der Waals surface area contributed by atoms with Crippen LogP contribution >= 0.6 is 21.6 Å². The zero-order valence-electron chi connectivity index (χ0n) is 6.73. The van der Waals surface area contributed by atoms with Gasteiger partial charge >= 0.3 is 5.97 Å². The first kappa shape index (κ1) is 10.7. The summed E-state index contributed by atoms with van der Waals surface area (Å²) in [5.41, 5.74) is 5.47. The van der Waals surface area contributed by atoms with Gasteiger partial charge in [-0.05, 0) is 0 Å². The van der Waals surface area contributed by atoms with E-state index in [-0.39, 0.29) is 5.91 Å². The molecule has 0 aromatic heterocycles. The van der Waals surface area contributed by atoms with Gasteiger partial charge in [0.15, 0.2) is 0 Å². The first-order valence-electron chi connectivity index (χ1n) is 3.64. The number of amides is 1. The lowest BCUT2D eigenvalue weighted by Crippen LogP contribution is -2.51. The van der Waals surface area contributed by atoms with Gasteiger partial charge in [0.25, 0.3) is 0 Å². The number of hydrogen-bond acceptors (Lipinski definition) is 5. The van der Waals surface area contributed by atoms with Crippen molar-refractivity contribution in [2.24, 2.45) is 5.73 Å². The van der Waals surface area contributed by atoms with E-state index in [1.54, 1.807) is 0 Å². The Hall–Kier alpha value is -0.400. The van der Waals surface area contributed by atoms with Crippen molar-refractivity contribution in [3.8, 4) is 0 Å². The summed E-state index contributed by atoms with van der Waals surface area (Å²) in [5, 5.41) is 11.1. The fourth-order valence-electron chi connectivity index (χ4n) is 0.767. The maximum atomic E-state index is 11.2. The Balaban J connectivity index is 2.58. The fourth-order valence-corrected chi connectivity index (χ4v) is 3.04. The van der Waals surface area contributed by atoms with Gasteiger partial charge in [0.05, 0.1) is 6.04 Å². The molecule has 1 fully saturated rings. The highest BCUT2D eigenvalue weighted by molar-refractivity contribution is 8.76. The summed E-state index contributed by atoms with van der Waals surface area (Å²) >= 11 is 0. The largest absolute Gasteiger partial charge is 0.480 e. The number of hydrogen-bond donors (Lipinski definition) is 3. The monoisotopic (exact) mass is 222 g/mol. The van der Waals surface area contributed by atoms with Crippen LogP contribution in [0.1, 0.15) is 0 Å². The zero-order chi connectivity index (χ0) is 9.84. The molecule has 0 aliphatic carbocycles. The molecule has 0 radical (unpaired) electrons. The van der Waals surface area contributed by atoms with E-state index in [1.807, 2.05) is 0 Å². The van der Waals surface area contributed by atoms with Crippen LogP contribution in [0.25, 0.3) is 0 Å². The third-order valence-electron chi connectivity index (χ3n) is 1.52. The van der Waals surface area contributed by atoms with Gasteiger partial charge in [-0.15, -0.1) is 0 Å². The fraction of sp³-hybridized carbons (Fsp3) is 0.667. The van der Waals surface area contributed by atoms with Gasteiger partial charge in [0.1, 0.15) is 6.04 Å². The van der Waals surface area contributed by atoms with Crippen LogP contribution < -0.4 is 11.1 Å². The molecular formula is C6H10N2O3S2. The minimum absolute atomic E-state index is 0.373. The summed E-state index contributed by atoms with van der Waals surface area (Å²) in [6, 6.07) is -1.43. The maximum Gasteiger partial charge on any atom is 0.327 e. The smallest absolute Gasteiger partial charge is 0.327 e. The van der Waals surface area contributed by atoms with Gasteiger partial charge in [0.2, 0.25) is 5.91 Å². The molecule has 0 aromatic rings. The number of nitrogens with two attached hydrogens (primary N) is 1. The van der Waals surface area contributed by atoms with Gasteiger partial charge in [-0.1, -0.05) is 21.6 Å². The van der Waals surface area contributed by atoms with Crippen LogP contribution in [0.15, 0.2) is 0 Å². The molecule has 0 unspecified atom stereocenters. The normalized spacial score (nSPS) is 30.1. The van der Waals surface area contributed by atoms with Crippen molar-refractivity contribution in [3.05, 3.63) is 0 Å². The molecule has 13 heavy (non-hydrogen) atoms. The van der Waals surface area contributed by atoms with Crippen LogP contribution in [-0.4, -0.2) is 40.6 Å². The van der Waals surface area contributed by atoms with E-state index in [9.17, 15) is 9.59 Å². The Morgan fingerprint density at radius 2 is 2.15 bits per heavy atom. The van der Waals surface area contributed by atoms with Crippen LogP contribution in [0.4, 0.5) is 0 Å². The molecular weight excluding hydrogens is 212 g/mol. The summed E-state index contributed by atoms with van der Waals surface area (Å²) in [5.74, 6) is -0.517. The molecule has 4 N–H and O–H groups in total. The van der Waals surface area contributed by atoms with E-state index in [1.165, 1.54) is 21.6 Å². The van der Waals surface area contributed by atoms with Crippen LogP contribution in [0.2, 0.25) is 0 Å². The van der Waals surface area contributed by atoms with E-state index in [4.69, 9.17) is 10.8 Å². The van der Waals surface area contributed by atoms with Crippen molar-refractivity contribution in [2.75, 3.05) is 11.5 Å². The van der Waals surface area contributed by atoms with Crippen molar-refractivity contribution < 1.29 is 14.7 Å². The Bertz CT molecular complexity index is 224. The Labute approximate surface area is 83.2 Å². The van der Waals surface area contributed by atoms with Crippen molar-refractivity contribution in [3.63, 3.8) is 0 Å². The molecule has 1 aliphatic heterocycles. The summed E-state index contributed by atoms with van der Waals surface area (Å²) in [4.78, 5) is 21.8. The van der Waals surface area contributed by atoms with Gasteiger partial charge in [-0.3, -0.25) is 4.79 Å². The number of carboxylic acids is 1. The van der Waals surface area contributed by atoms with Gasteiger partial charge in [-0.2, -0.15) is 0 Å². The van der Waals surface area contributed by atoms with Gasteiger partial charge < -0.3 is 16.2 Å². The second-order valence-electron chi connectivity index (χ2n) is 2.57. The topological polar surface area (TPSA) is 92.4 Å². The minimum Gasteiger partial charge on any atom is -0.480 e. The summed E-state index contributed by atoms with van der Waals surface area (Å²) in [6.45, 7) is 0. The first-order chi connectivity index (χ1) is 6.11. The van der Waals surface area contributed by atoms with Gasteiger partial charge in [-0.25, -0.2) is 4.79 Å². The molecule has 5 nitrogen and oxygen atoms in total. The van der Waals surface area contributed by atoms with Crippen molar-refractivity contribution in [1.29, 1.82) is 0 Å². The minimum atomic E-state index is -1.02. The third-order valence-corrected chi connectivity index (χ3v) is 3.96. The Kier molecular flexibility index (Phi) is 3.89. The predicted molar refractivity (Wildman–Crippen MR) is 52.5 cm³/mol. The molecule has 1 amide bonds. The van der Waals surface area contributed by atoms with Crippen LogP contribution in [0.3, 0.4) is 0 Å². The lowest BCUT2D eigenvalue weighted by atomic mass is 10.3. The van der Waals surface area contributed by atoms with Crippen molar-refractivity contribution in [1.82, 2.24) is 5.32 Å². The SMILES string of the molecule is N[C@H]1CSSC[C@@H](C(=O)O)NC1=O.